The van der Waals surface area contributed by atoms with Crippen molar-refractivity contribution in [3.63, 3.8) is 0 Å². The Kier molecular flexibility index (Phi) is 8.66. The average molecular weight is 460 g/mol. The highest BCUT2D eigenvalue weighted by Crippen LogP contribution is 2.24. The molecule has 1 aliphatic carbocycles. The lowest BCUT2D eigenvalue weighted by molar-refractivity contribution is -0.336. The molecule has 0 amide bonds. The second-order valence-corrected chi connectivity index (χ2v) is 6.75. The van der Waals surface area contributed by atoms with Gasteiger partial charge in [-0.25, -0.2) is 4.79 Å². The molecule has 1 aromatic heterocycles. The summed E-state index contributed by atoms with van der Waals surface area (Å²) in [5, 5.41) is 2.64. The number of alkyl halides is 3. The number of allylic oxidation sites excluding steroid dienone is 1. The Morgan fingerprint density at radius 1 is 1.28 bits per heavy atom. The molecule has 1 aliphatic rings. The Morgan fingerprint density at radius 3 is 2.66 bits per heavy atom. The van der Waals surface area contributed by atoms with Crippen molar-refractivity contribution in [1.82, 2.24) is 9.13 Å². The van der Waals surface area contributed by atoms with E-state index in [1.807, 2.05) is 0 Å². The number of rotatable bonds is 9. The number of hydrogen-bond acceptors (Lipinski definition) is 8. The summed E-state index contributed by atoms with van der Waals surface area (Å²) in [6, 6.07) is 0. The minimum Gasteiger partial charge on any atom is -0.443 e. The number of hydrogen-bond donors (Lipinski definition) is 0. The maximum absolute atomic E-state index is 12.6. The summed E-state index contributed by atoms with van der Waals surface area (Å²) in [7, 11) is 1.42. The zero-order valence-corrected chi connectivity index (χ0v) is 17.7. The van der Waals surface area contributed by atoms with Crippen LogP contribution in [0.25, 0.3) is 0 Å². The molecule has 0 saturated heterocycles. The van der Waals surface area contributed by atoms with Crippen LogP contribution in [0.3, 0.4) is 0 Å². The molecule has 32 heavy (non-hydrogen) atoms. The van der Waals surface area contributed by atoms with E-state index in [0.29, 0.717) is 0 Å². The molecule has 2 rings (SSSR count). The zero-order chi connectivity index (χ0) is 23.9. The summed E-state index contributed by atoms with van der Waals surface area (Å²) in [6.07, 6.45) is -1.88. The van der Waals surface area contributed by atoms with Gasteiger partial charge in [0.1, 0.15) is 18.1 Å². The van der Waals surface area contributed by atoms with E-state index < -0.39 is 23.7 Å². The molecule has 10 nitrogen and oxygen atoms in total. The first kappa shape index (κ1) is 25.2. The van der Waals surface area contributed by atoms with Crippen LogP contribution in [0.4, 0.5) is 19.0 Å². The molecule has 0 fully saturated rings. The van der Waals surface area contributed by atoms with Crippen LogP contribution in [0.1, 0.15) is 18.9 Å². The van der Waals surface area contributed by atoms with Gasteiger partial charge in [0.25, 0.3) is 5.56 Å². The summed E-state index contributed by atoms with van der Waals surface area (Å²) in [6.45, 7) is 2.98. The van der Waals surface area contributed by atoms with E-state index >= 15 is 0 Å². The first-order valence-corrected chi connectivity index (χ1v) is 9.57. The Balaban J connectivity index is 2.20. The number of halogens is 3. The highest BCUT2D eigenvalue weighted by molar-refractivity contribution is 5.77. The van der Waals surface area contributed by atoms with E-state index in [9.17, 15) is 27.7 Å². The standard InChI is InChI=1S/C19H23F3N4O6/c1-12-16(25(3)18(28)26(17(12)27)8-10-30-9-7-23-29)24-13(2)31-14-5-4-6-15(11-14)32-19(20,21)22/h4-5,11,15H,6-10H2,1-3H3. The number of ether oxygens (including phenoxy) is 3. The van der Waals surface area contributed by atoms with Gasteiger partial charge in [-0.05, 0) is 25.5 Å². The molecule has 13 heteroatoms. The van der Waals surface area contributed by atoms with E-state index in [4.69, 9.17) is 9.47 Å². The van der Waals surface area contributed by atoms with Gasteiger partial charge >= 0.3 is 12.1 Å². The van der Waals surface area contributed by atoms with Gasteiger partial charge in [0.05, 0.1) is 31.4 Å². The Labute approximate surface area is 180 Å². The SMILES string of the molecule is CC(=Nc1c(C)c(=O)n(CCOCCN=O)c(=O)n1C)OC1=CC(OC(F)(F)F)CC=C1. The van der Waals surface area contributed by atoms with E-state index in [1.54, 1.807) is 0 Å². The summed E-state index contributed by atoms with van der Waals surface area (Å²) in [5.41, 5.74) is -1.05. The van der Waals surface area contributed by atoms with Crippen molar-refractivity contribution in [2.75, 3.05) is 19.8 Å². The third kappa shape index (κ3) is 6.99. The van der Waals surface area contributed by atoms with Gasteiger partial charge in [0.15, 0.2) is 5.90 Å². The predicted molar refractivity (Wildman–Crippen MR) is 109 cm³/mol. The summed E-state index contributed by atoms with van der Waals surface area (Å²) < 4.78 is 54.0. The first-order chi connectivity index (χ1) is 15.0. The quantitative estimate of drug-likeness (QED) is 0.242. The molecule has 1 atom stereocenters. The van der Waals surface area contributed by atoms with Crippen LogP contribution in [0.5, 0.6) is 0 Å². The summed E-state index contributed by atoms with van der Waals surface area (Å²) in [4.78, 5) is 39.4. The Bertz CT molecular complexity index is 1000. The molecule has 0 N–H and O–H groups in total. The van der Waals surface area contributed by atoms with Crippen LogP contribution in [-0.4, -0.2) is 47.3 Å². The van der Waals surface area contributed by atoms with Crippen LogP contribution in [0.15, 0.2) is 43.7 Å². The fourth-order valence-electron chi connectivity index (χ4n) is 2.91. The van der Waals surface area contributed by atoms with Gasteiger partial charge < -0.3 is 9.47 Å². The van der Waals surface area contributed by atoms with Gasteiger partial charge in [-0.2, -0.15) is 9.90 Å². The monoisotopic (exact) mass is 460 g/mol. The molecule has 0 saturated carbocycles. The smallest absolute Gasteiger partial charge is 0.443 e. The molecule has 1 unspecified atom stereocenters. The van der Waals surface area contributed by atoms with Gasteiger partial charge in [-0.15, -0.1) is 13.2 Å². The van der Waals surface area contributed by atoms with Crippen molar-refractivity contribution in [3.8, 4) is 0 Å². The van der Waals surface area contributed by atoms with Crippen LogP contribution < -0.4 is 11.2 Å². The average Bonchev–Trinajstić information content (AvgIpc) is 2.71. The summed E-state index contributed by atoms with van der Waals surface area (Å²) >= 11 is 0. The number of nitrogens with zero attached hydrogens (tertiary/aromatic N) is 4. The second kappa shape index (κ2) is 11.0. The van der Waals surface area contributed by atoms with Crippen molar-refractivity contribution in [2.24, 2.45) is 17.2 Å². The molecule has 1 aromatic rings. The Hall–Kier alpha value is -3.06. The lowest BCUT2D eigenvalue weighted by atomic mass is 10.1. The van der Waals surface area contributed by atoms with E-state index in [-0.39, 0.29) is 55.8 Å². The van der Waals surface area contributed by atoms with Crippen LogP contribution in [-0.2, 0) is 27.8 Å². The fraction of sp³-hybridized carbons (Fsp3) is 0.526. The molecule has 0 spiro atoms. The minimum atomic E-state index is -4.78. The van der Waals surface area contributed by atoms with Gasteiger partial charge in [-0.1, -0.05) is 11.3 Å². The topological polar surface area (TPSA) is 113 Å². The van der Waals surface area contributed by atoms with Crippen LogP contribution in [0.2, 0.25) is 0 Å². The third-order valence-electron chi connectivity index (χ3n) is 4.34. The molecule has 0 aromatic carbocycles. The molecule has 0 bridgehead atoms. The number of aliphatic imine (C=N–C) groups is 1. The van der Waals surface area contributed by atoms with Crippen molar-refractivity contribution >= 4 is 11.7 Å². The maximum atomic E-state index is 12.6. The largest absolute Gasteiger partial charge is 0.523 e. The van der Waals surface area contributed by atoms with Crippen molar-refractivity contribution < 1.29 is 27.4 Å². The zero-order valence-electron chi connectivity index (χ0n) is 17.7. The second-order valence-electron chi connectivity index (χ2n) is 6.75. The third-order valence-corrected chi connectivity index (χ3v) is 4.34. The normalized spacial score (nSPS) is 16.8. The van der Waals surface area contributed by atoms with Crippen LogP contribution in [0, 0.1) is 11.8 Å². The molecular weight excluding hydrogens is 437 g/mol. The van der Waals surface area contributed by atoms with Crippen molar-refractivity contribution in [1.29, 1.82) is 0 Å². The Morgan fingerprint density at radius 2 is 2.00 bits per heavy atom. The van der Waals surface area contributed by atoms with E-state index in [1.165, 1.54) is 33.0 Å². The van der Waals surface area contributed by atoms with E-state index in [2.05, 4.69) is 14.9 Å². The lowest BCUT2D eigenvalue weighted by Gasteiger charge is -2.19. The lowest BCUT2D eigenvalue weighted by Crippen LogP contribution is -2.41. The number of aromatic nitrogens is 2. The minimum absolute atomic E-state index is 0.00787. The van der Waals surface area contributed by atoms with E-state index in [0.717, 1.165) is 15.2 Å². The van der Waals surface area contributed by atoms with Crippen molar-refractivity contribution in [3.05, 3.63) is 55.3 Å². The molecular formula is C19H23F3N4O6. The van der Waals surface area contributed by atoms with Gasteiger partial charge in [0, 0.05) is 14.0 Å². The highest BCUT2D eigenvalue weighted by Gasteiger charge is 2.33. The van der Waals surface area contributed by atoms with Gasteiger partial charge in [0.2, 0.25) is 0 Å². The molecule has 0 radical (unpaired) electrons. The van der Waals surface area contributed by atoms with Crippen molar-refractivity contribution in [2.45, 2.75) is 39.3 Å². The van der Waals surface area contributed by atoms with Crippen LogP contribution >= 0.6 is 0 Å². The summed E-state index contributed by atoms with van der Waals surface area (Å²) in [5.74, 6) is 0.140. The predicted octanol–water partition coefficient (Wildman–Crippen LogP) is 2.45. The van der Waals surface area contributed by atoms with Gasteiger partial charge in [-0.3, -0.25) is 18.7 Å². The first-order valence-electron chi connectivity index (χ1n) is 9.57. The fourth-order valence-corrected chi connectivity index (χ4v) is 2.91. The molecule has 176 valence electrons. The maximum Gasteiger partial charge on any atom is 0.523 e. The molecule has 0 aliphatic heterocycles. The molecule has 1 heterocycles. The number of nitroso groups, excluding NO2 is 1. The highest BCUT2D eigenvalue weighted by atomic mass is 19.4.